The molecule has 8 fully saturated rings. The predicted molar refractivity (Wildman–Crippen MR) is 249 cm³/mol. The van der Waals surface area contributed by atoms with Crippen molar-refractivity contribution in [3.05, 3.63) is 129 Å². The van der Waals surface area contributed by atoms with Gasteiger partial charge in [-0.25, -0.2) is 13.8 Å². The number of hydrogen-bond acceptors (Lipinski definition) is 3. The number of benzene rings is 4. The van der Waals surface area contributed by atoms with E-state index in [1.807, 2.05) is 66.7 Å². The summed E-state index contributed by atoms with van der Waals surface area (Å²) in [7, 11) is 0. The largest absolute Gasteiger partial charge is 0.507 e. The quantitative estimate of drug-likeness (QED) is 0.167. The van der Waals surface area contributed by atoms with Gasteiger partial charge in [-0.3, -0.25) is 0 Å². The molecule has 0 saturated heterocycles. The molecule has 330 valence electrons. The molecule has 0 radical (unpaired) electrons. The molecule has 6 heteroatoms. The first-order valence-corrected chi connectivity index (χ1v) is 22.5. The normalized spacial score (nSPS) is 35.4. The molecule has 0 unspecified atom stereocenters. The van der Waals surface area contributed by atoms with Crippen LogP contribution >= 0.6 is 0 Å². The van der Waals surface area contributed by atoms with Crippen molar-refractivity contribution >= 4 is 0 Å². The molecule has 3 nitrogen and oxygen atoms in total. The van der Waals surface area contributed by atoms with E-state index in [9.17, 15) is 10.2 Å². The van der Waals surface area contributed by atoms with Gasteiger partial charge in [-0.15, -0.1) is 0 Å². The van der Waals surface area contributed by atoms with E-state index in [1.54, 1.807) is 12.1 Å². The van der Waals surface area contributed by atoms with Gasteiger partial charge in [0.05, 0.1) is 11.4 Å². The fraction of sp³-hybridized carbons (Fsp3) is 0.456. The van der Waals surface area contributed by atoms with Crippen LogP contribution in [0.4, 0.5) is 8.78 Å². The Morgan fingerprint density at radius 2 is 0.683 bits per heavy atom. The summed E-state index contributed by atoms with van der Waals surface area (Å²) < 4.78 is 32.1. The molecule has 5 aromatic rings. The van der Waals surface area contributed by atoms with Crippen molar-refractivity contribution in [2.24, 2.45) is 32.5 Å². The SMILES string of the molecule is CC12CC3(C)CC(C)(C1)CC(c1cc(F)cc(-c4ccccc4-c4cccc(-c5ccccc5-c5cc(F)cc(C67CC8(C)CC(C)(CC(C)(C8)C6)C7)c5O)n4)c1O)(C2)C3.[CH3-].[CH3-].[Zr]. The van der Waals surface area contributed by atoms with Gasteiger partial charge in [-0.05, 0) is 157 Å². The maximum atomic E-state index is 16.1. The fourth-order valence-corrected chi connectivity index (χ4v) is 18.2. The number of phenolic OH excluding ortho intramolecular Hbond substituents is 2. The summed E-state index contributed by atoms with van der Waals surface area (Å²) in [4.78, 5) is 5.25. The summed E-state index contributed by atoms with van der Waals surface area (Å²) in [5.41, 5.74) is 7.32. The third-order valence-corrected chi connectivity index (χ3v) is 16.7. The number of halogens is 2. The average Bonchev–Trinajstić information content (AvgIpc) is 3.12. The maximum Gasteiger partial charge on any atom is 0.127 e. The molecule has 1 heterocycles. The van der Waals surface area contributed by atoms with Gasteiger partial charge in [0, 0.05) is 70.4 Å². The van der Waals surface area contributed by atoms with Crippen molar-refractivity contribution in [1.82, 2.24) is 4.98 Å². The van der Waals surface area contributed by atoms with Crippen LogP contribution in [0.2, 0.25) is 0 Å². The van der Waals surface area contributed by atoms with E-state index >= 15 is 8.78 Å². The summed E-state index contributed by atoms with van der Waals surface area (Å²) >= 11 is 0. The molecular weight excluding hydrogens is 860 g/mol. The van der Waals surface area contributed by atoms with Crippen LogP contribution in [-0.4, -0.2) is 15.2 Å². The summed E-state index contributed by atoms with van der Waals surface area (Å²) in [5, 5.41) is 24.8. The van der Waals surface area contributed by atoms with Gasteiger partial charge in [-0.1, -0.05) is 96.1 Å². The summed E-state index contributed by atoms with van der Waals surface area (Å²) in [6, 6.07) is 27.8. The Balaban J connectivity index is 0.00000181. The number of rotatable bonds is 6. The third kappa shape index (κ3) is 7.21. The van der Waals surface area contributed by atoms with Crippen LogP contribution in [0.3, 0.4) is 0 Å². The number of nitrogens with zero attached hydrogens (tertiary/aromatic N) is 1. The number of pyridine rings is 1. The first-order chi connectivity index (χ1) is 28.2. The zero-order chi connectivity index (χ0) is 41.9. The van der Waals surface area contributed by atoms with E-state index < -0.39 is 0 Å². The molecule has 8 saturated carbocycles. The predicted octanol–water partition coefficient (Wildman–Crippen LogP) is 15.6. The Morgan fingerprint density at radius 3 is 0.984 bits per heavy atom. The molecule has 0 amide bonds. The molecule has 2 N–H and O–H groups in total. The molecule has 0 atom stereocenters. The number of phenols is 2. The molecular formula is C57H65F2NO2Zr-2. The van der Waals surface area contributed by atoms with Crippen molar-refractivity contribution < 1.29 is 45.2 Å². The van der Waals surface area contributed by atoms with Gasteiger partial charge in [-0.2, -0.15) is 0 Å². The molecule has 4 aromatic carbocycles. The molecule has 13 rings (SSSR count). The Morgan fingerprint density at radius 1 is 0.397 bits per heavy atom. The Bertz CT molecular complexity index is 2370. The van der Waals surface area contributed by atoms with Crippen molar-refractivity contribution in [1.29, 1.82) is 0 Å². The van der Waals surface area contributed by atoms with Gasteiger partial charge in [0.1, 0.15) is 23.1 Å². The summed E-state index contributed by atoms with van der Waals surface area (Å²) in [6.07, 6.45) is 12.9. The second-order valence-corrected chi connectivity index (χ2v) is 23.7. The van der Waals surface area contributed by atoms with Crippen LogP contribution < -0.4 is 0 Å². The Hall–Kier alpha value is -3.63. The zero-order valence-corrected chi connectivity index (χ0v) is 41.2. The third-order valence-electron chi connectivity index (χ3n) is 16.7. The van der Waals surface area contributed by atoms with Crippen LogP contribution in [0, 0.1) is 59.0 Å². The van der Waals surface area contributed by atoms with Gasteiger partial charge in [0.25, 0.3) is 0 Å². The van der Waals surface area contributed by atoms with E-state index in [4.69, 9.17) is 4.98 Å². The number of hydrogen-bond donors (Lipinski definition) is 2. The Labute approximate surface area is 394 Å². The van der Waals surface area contributed by atoms with Gasteiger partial charge < -0.3 is 25.1 Å². The zero-order valence-electron chi connectivity index (χ0n) is 38.7. The smallest absolute Gasteiger partial charge is 0.127 e. The second-order valence-electron chi connectivity index (χ2n) is 23.7. The number of aromatic hydroxyl groups is 2. The fourth-order valence-electron chi connectivity index (χ4n) is 18.2. The second kappa shape index (κ2) is 14.7. The van der Waals surface area contributed by atoms with E-state index in [2.05, 4.69) is 41.5 Å². The molecule has 8 aliphatic rings. The van der Waals surface area contributed by atoms with Crippen molar-refractivity contribution in [3.8, 4) is 56.3 Å². The minimum Gasteiger partial charge on any atom is -0.507 e. The molecule has 0 aliphatic heterocycles. The number of aromatic nitrogens is 1. The van der Waals surface area contributed by atoms with Crippen LogP contribution in [-0.2, 0) is 37.0 Å². The minimum absolute atomic E-state index is 0. The topological polar surface area (TPSA) is 53.4 Å². The van der Waals surface area contributed by atoms with Gasteiger partial charge in [0.15, 0.2) is 0 Å². The van der Waals surface area contributed by atoms with Gasteiger partial charge >= 0.3 is 0 Å². The van der Waals surface area contributed by atoms with Crippen molar-refractivity contribution in [2.45, 2.75) is 129 Å². The summed E-state index contributed by atoms with van der Waals surface area (Å²) in [5.74, 6) is -0.313. The van der Waals surface area contributed by atoms with Crippen molar-refractivity contribution in [3.63, 3.8) is 0 Å². The van der Waals surface area contributed by atoms with Crippen LogP contribution in [0.1, 0.15) is 130 Å². The summed E-state index contributed by atoms with van der Waals surface area (Å²) in [6.45, 7) is 14.5. The van der Waals surface area contributed by atoms with E-state index in [0.717, 1.165) is 71.9 Å². The average molecular weight is 925 g/mol. The van der Waals surface area contributed by atoms with E-state index in [1.165, 1.54) is 50.7 Å². The monoisotopic (exact) mass is 923 g/mol. The first kappa shape index (κ1) is 45.9. The first-order valence-electron chi connectivity index (χ1n) is 22.5. The van der Waals surface area contributed by atoms with Crippen LogP contribution in [0.5, 0.6) is 11.5 Å². The van der Waals surface area contributed by atoms with E-state index in [-0.39, 0.29) is 108 Å². The van der Waals surface area contributed by atoms with Crippen molar-refractivity contribution in [2.75, 3.05) is 0 Å². The van der Waals surface area contributed by atoms with E-state index in [0.29, 0.717) is 22.5 Å². The standard InChI is InChI=1S/C55H59F2NO2.2CH3.Zr/c1-48-22-49(2)24-50(3,23-48)30-54(28-48,29-49)42-20-34(56)18-40(46(42)59)36-12-7-9-14-38(36)44-16-11-17-45(58-44)39-15-10-8-13-37(39)41-19-35(57)21-43(47(41)60)55-31-51(4)25-52(5,32-55)27-53(6,26-51)33-55;;;/h7-21,59-60H,22-33H2,1-6H3;2*1H3;/q;2*-1;. The molecule has 63 heavy (non-hydrogen) atoms. The molecule has 8 aliphatic carbocycles. The van der Waals surface area contributed by atoms with Gasteiger partial charge in [0.2, 0.25) is 0 Å². The molecule has 0 spiro atoms. The minimum atomic E-state index is -0.334. The molecule has 1 aromatic heterocycles. The van der Waals surface area contributed by atoms with Crippen LogP contribution in [0.25, 0.3) is 44.8 Å². The molecule has 8 bridgehead atoms. The maximum absolute atomic E-state index is 16.1. The Kier molecular flexibility index (Phi) is 10.7. The van der Waals surface area contributed by atoms with Crippen LogP contribution in [0.15, 0.2) is 91.0 Å².